The second kappa shape index (κ2) is 9.87. The Bertz CT molecular complexity index is 829. The maximum absolute atomic E-state index is 11.5. The molecule has 0 saturated carbocycles. The molecule has 27 heavy (non-hydrogen) atoms. The number of nitrogens with one attached hydrogen (secondary N) is 2. The highest BCUT2D eigenvalue weighted by Gasteiger charge is 2.15. The van der Waals surface area contributed by atoms with Gasteiger partial charge in [0.05, 0.1) is 10.9 Å². The predicted octanol–water partition coefficient (Wildman–Crippen LogP) is 2.16. The first-order valence-electron chi connectivity index (χ1n) is 8.74. The maximum atomic E-state index is 11.5. The van der Waals surface area contributed by atoms with Crippen molar-refractivity contribution in [2.75, 3.05) is 40.5 Å². The van der Waals surface area contributed by atoms with E-state index in [0.717, 1.165) is 24.5 Å². The molecule has 1 aromatic carbocycles. The summed E-state index contributed by atoms with van der Waals surface area (Å²) in [4.78, 5) is 8.13. The molecule has 1 aromatic heterocycles. The molecule has 148 valence electrons. The van der Waals surface area contributed by atoms with Crippen molar-refractivity contribution in [2.24, 2.45) is 4.99 Å². The number of benzene rings is 1. The standard InChI is InChI=1S/C19H28N4O2S2/c1-20-19(22-14-17(23(2)3)18-6-5-13-26-18)21-12-11-15-7-9-16(10-8-15)27(4,24)25/h5-10,13,17H,11-12,14H2,1-4H3,(H2,20,21,22). The molecule has 0 aliphatic heterocycles. The molecular weight excluding hydrogens is 380 g/mol. The number of hydrogen-bond donors (Lipinski definition) is 2. The van der Waals surface area contributed by atoms with Gasteiger partial charge in [-0.2, -0.15) is 0 Å². The summed E-state index contributed by atoms with van der Waals surface area (Å²) in [5.41, 5.74) is 1.08. The molecule has 0 radical (unpaired) electrons. The Balaban J connectivity index is 1.83. The van der Waals surface area contributed by atoms with Gasteiger partial charge in [-0.25, -0.2) is 8.42 Å². The second-order valence-corrected chi connectivity index (χ2v) is 9.54. The maximum Gasteiger partial charge on any atom is 0.191 e. The highest BCUT2D eigenvalue weighted by atomic mass is 32.2. The average molecular weight is 409 g/mol. The molecule has 0 aliphatic rings. The normalized spacial score (nSPS) is 13.6. The third-order valence-corrected chi connectivity index (χ3v) is 6.34. The van der Waals surface area contributed by atoms with Gasteiger partial charge in [0.1, 0.15) is 0 Å². The highest BCUT2D eigenvalue weighted by Crippen LogP contribution is 2.22. The lowest BCUT2D eigenvalue weighted by molar-refractivity contribution is 0.302. The van der Waals surface area contributed by atoms with Crippen molar-refractivity contribution >= 4 is 27.1 Å². The van der Waals surface area contributed by atoms with Gasteiger partial charge in [-0.15, -0.1) is 11.3 Å². The van der Waals surface area contributed by atoms with Gasteiger partial charge in [-0.05, 0) is 49.7 Å². The fourth-order valence-corrected chi connectivity index (χ4v) is 4.21. The number of hydrogen-bond acceptors (Lipinski definition) is 5. The molecule has 0 spiro atoms. The lowest BCUT2D eigenvalue weighted by atomic mass is 10.1. The average Bonchev–Trinajstić information content (AvgIpc) is 3.14. The highest BCUT2D eigenvalue weighted by molar-refractivity contribution is 7.90. The second-order valence-electron chi connectivity index (χ2n) is 6.54. The van der Waals surface area contributed by atoms with Crippen LogP contribution >= 0.6 is 11.3 Å². The van der Waals surface area contributed by atoms with Gasteiger partial charge >= 0.3 is 0 Å². The van der Waals surface area contributed by atoms with Crippen LogP contribution in [0.3, 0.4) is 0 Å². The number of thiophene rings is 1. The van der Waals surface area contributed by atoms with Crippen LogP contribution in [0.2, 0.25) is 0 Å². The van der Waals surface area contributed by atoms with Crippen molar-refractivity contribution in [2.45, 2.75) is 17.4 Å². The van der Waals surface area contributed by atoms with Crippen molar-refractivity contribution in [3.63, 3.8) is 0 Å². The Kier molecular flexibility index (Phi) is 7.82. The van der Waals surface area contributed by atoms with Gasteiger partial charge in [0, 0.05) is 31.3 Å². The van der Waals surface area contributed by atoms with E-state index in [4.69, 9.17) is 0 Å². The van der Waals surface area contributed by atoms with Crippen molar-refractivity contribution in [1.29, 1.82) is 0 Å². The summed E-state index contributed by atoms with van der Waals surface area (Å²) < 4.78 is 23.0. The lowest BCUT2D eigenvalue weighted by Crippen LogP contribution is -2.42. The minimum atomic E-state index is -3.15. The molecule has 2 aromatic rings. The number of rotatable bonds is 8. The van der Waals surface area contributed by atoms with Crippen LogP contribution in [0, 0.1) is 0 Å². The van der Waals surface area contributed by atoms with E-state index in [0.29, 0.717) is 11.4 Å². The van der Waals surface area contributed by atoms with Crippen LogP contribution in [0.25, 0.3) is 0 Å². The van der Waals surface area contributed by atoms with Crippen LogP contribution in [0.5, 0.6) is 0 Å². The van der Waals surface area contributed by atoms with Crippen molar-refractivity contribution in [3.05, 3.63) is 52.2 Å². The molecule has 1 heterocycles. The van der Waals surface area contributed by atoms with E-state index in [9.17, 15) is 8.42 Å². The summed E-state index contributed by atoms with van der Waals surface area (Å²) in [7, 11) is 2.75. The van der Waals surface area contributed by atoms with Crippen molar-refractivity contribution in [1.82, 2.24) is 15.5 Å². The van der Waals surface area contributed by atoms with Crippen molar-refractivity contribution in [3.8, 4) is 0 Å². The van der Waals surface area contributed by atoms with E-state index >= 15 is 0 Å². The molecule has 0 saturated heterocycles. The molecule has 2 N–H and O–H groups in total. The van der Waals surface area contributed by atoms with Gasteiger partial charge in [-0.3, -0.25) is 4.99 Å². The van der Waals surface area contributed by atoms with E-state index in [1.807, 2.05) is 12.1 Å². The summed E-state index contributed by atoms with van der Waals surface area (Å²) >= 11 is 1.75. The Labute approximate surface area is 166 Å². The first-order valence-corrected chi connectivity index (χ1v) is 11.5. The van der Waals surface area contributed by atoms with Crippen LogP contribution < -0.4 is 10.6 Å². The summed E-state index contributed by atoms with van der Waals surface area (Å²) in [6.45, 7) is 1.47. The molecule has 1 unspecified atom stereocenters. The fraction of sp³-hybridized carbons (Fsp3) is 0.421. The van der Waals surface area contributed by atoms with E-state index in [2.05, 4.69) is 52.1 Å². The molecule has 0 aliphatic carbocycles. The smallest absolute Gasteiger partial charge is 0.191 e. The minimum absolute atomic E-state index is 0.284. The molecule has 1 atom stereocenters. The van der Waals surface area contributed by atoms with E-state index in [1.165, 1.54) is 11.1 Å². The van der Waals surface area contributed by atoms with Crippen LogP contribution in [0.4, 0.5) is 0 Å². The number of sulfone groups is 1. The zero-order chi connectivity index (χ0) is 19.9. The third kappa shape index (κ3) is 6.64. The van der Waals surface area contributed by atoms with E-state index in [1.54, 1.807) is 30.5 Å². The van der Waals surface area contributed by atoms with Crippen LogP contribution in [0.1, 0.15) is 16.5 Å². The van der Waals surface area contributed by atoms with Crippen LogP contribution in [-0.2, 0) is 16.3 Å². The molecule has 6 nitrogen and oxygen atoms in total. The monoisotopic (exact) mass is 408 g/mol. The number of guanidine groups is 1. The Morgan fingerprint density at radius 2 is 1.89 bits per heavy atom. The van der Waals surface area contributed by atoms with Gasteiger partial charge in [0.25, 0.3) is 0 Å². The number of likely N-dealkylation sites (N-methyl/N-ethyl adjacent to an activating group) is 1. The van der Waals surface area contributed by atoms with Crippen LogP contribution in [-0.4, -0.2) is 59.8 Å². The van der Waals surface area contributed by atoms with E-state index < -0.39 is 9.84 Å². The number of nitrogens with zero attached hydrogens (tertiary/aromatic N) is 2. The van der Waals surface area contributed by atoms with Crippen LogP contribution in [0.15, 0.2) is 51.7 Å². The summed E-state index contributed by atoms with van der Waals surface area (Å²) in [6, 6.07) is 11.5. The molecule has 2 rings (SSSR count). The zero-order valence-corrected chi connectivity index (χ0v) is 17.9. The quantitative estimate of drug-likeness (QED) is 0.517. The van der Waals surface area contributed by atoms with Gasteiger partial charge in [0.15, 0.2) is 15.8 Å². The third-order valence-electron chi connectivity index (χ3n) is 4.24. The Morgan fingerprint density at radius 1 is 1.19 bits per heavy atom. The SMILES string of the molecule is CN=C(NCCc1ccc(S(C)(=O)=O)cc1)NCC(c1cccs1)N(C)C. The largest absolute Gasteiger partial charge is 0.356 e. The summed E-state index contributed by atoms with van der Waals surface area (Å²) in [5.74, 6) is 0.756. The first kappa shape index (κ1) is 21.4. The Hall–Kier alpha value is -1.90. The van der Waals surface area contributed by atoms with Gasteiger partial charge < -0.3 is 15.5 Å². The topological polar surface area (TPSA) is 73.8 Å². The zero-order valence-electron chi connectivity index (χ0n) is 16.3. The predicted molar refractivity (Wildman–Crippen MR) is 113 cm³/mol. The molecule has 0 bridgehead atoms. The van der Waals surface area contributed by atoms with Gasteiger partial charge in [0.2, 0.25) is 0 Å². The van der Waals surface area contributed by atoms with Crippen molar-refractivity contribution < 1.29 is 8.42 Å². The van der Waals surface area contributed by atoms with Gasteiger partial charge in [-0.1, -0.05) is 18.2 Å². The molecule has 8 heteroatoms. The van der Waals surface area contributed by atoms with E-state index in [-0.39, 0.29) is 6.04 Å². The summed E-state index contributed by atoms with van der Waals surface area (Å²) in [5, 5.41) is 8.78. The Morgan fingerprint density at radius 3 is 2.41 bits per heavy atom. The fourth-order valence-electron chi connectivity index (χ4n) is 2.66. The molecule has 0 fully saturated rings. The summed E-state index contributed by atoms with van der Waals surface area (Å²) in [6.07, 6.45) is 2.00. The number of aliphatic imine (C=N–C) groups is 1. The minimum Gasteiger partial charge on any atom is -0.356 e. The molecular formula is C19H28N4O2S2. The molecule has 0 amide bonds. The lowest BCUT2D eigenvalue weighted by Gasteiger charge is -2.24. The first-order chi connectivity index (χ1) is 12.8.